The van der Waals surface area contributed by atoms with Crippen LogP contribution in [0.3, 0.4) is 0 Å². The number of nitrogens with zero attached hydrogens (tertiary/aromatic N) is 1. The molecule has 1 N–H and O–H groups in total. The van der Waals surface area contributed by atoms with E-state index in [9.17, 15) is 18.8 Å². The van der Waals surface area contributed by atoms with Crippen LogP contribution in [0, 0.1) is 5.82 Å². The van der Waals surface area contributed by atoms with Crippen LogP contribution < -0.4 is 10.1 Å². The van der Waals surface area contributed by atoms with E-state index in [1.807, 2.05) is 0 Å². The lowest BCUT2D eigenvalue weighted by molar-refractivity contribution is 0.0549. The fourth-order valence-electron chi connectivity index (χ4n) is 4.02. The SMILES string of the molecule is COc1ccc(NC(=O)c2ccc3c(c2)C(=O)N(C2CCCCC2)C3=O)cc1F. The summed E-state index contributed by atoms with van der Waals surface area (Å²) in [5.41, 5.74) is 1.06. The molecule has 0 spiro atoms. The Bertz CT molecular complexity index is 998. The molecule has 6 nitrogen and oxygen atoms in total. The average Bonchev–Trinajstić information content (AvgIpc) is 2.98. The van der Waals surface area contributed by atoms with E-state index in [1.54, 1.807) is 0 Å². The minimum absolute atomic E-state index is 0.0734. The summed E-state index contributed by atoms with van der Waals surface area (Å²) in [6, 6.07) is 8.48. The lowest BCUT2D eigenvalue weighted by Crippen LogP contribution is -2.40. The zero-order chi connectivity index (χ0) is 20.5. The quantitative estimate of drug-likeness (QED) is 0.792. The number of carbonyl (C=O) groups is 3. The lowest BCUT2D eigenvalue weighted by atomic mass is 9.94. The molecule has 1 aliphatic heterocycles. The van der Waals surface area contributed by atoms with Crippen molar-refractivity contribution in [3.63, 3.8) is 0 Å². The summed E-state index contributed by atoms with van der Waals surface area (Å²) in [5.74, 6) is -1.65. The fraction of sp³-hybridized carbons (Fsp3) is 0.318. The number of rotatable bonds is 4. The molecule has 0 atom stereocenters. The zero-order valence-corrected chi connectivity index (χ0v) is 16.0. The van der Waals surface area contributed by atoms with Crippen LogP contribution in [0.15, 0.2) is 36.4 Å². The van der Waals surface area contributed by atoms with Gasteiger partial charge in [0.25, 0.3) is 17.7 Å². The second kappa shape index (κ2) is 7.66. The molecule has 0 saturated heterocycles. The Morgan fingerprint density at radius 3 is 2.45 bits per heavy atom. The second-order valence-electron chi connectivity index (χ2n) is 7.34. The number of imide groups is 1. The van der Waals surface area contributed by atoms with Gasteiger partial charge in [0.1, 0.15) is 0 Å². The first kappa shape index (κ1) is 19.1. The molecule has 1 heterocycles. The molecule has 1 fully saturated rings. The number of ether oxygens (including phenoxy) is 1. The van der Waals surface area contributed by atoms with Gasteiger partial charge in [-0.05, 0) is 43.2 Å². The number of halogens is 1. The predicted octanol–water partition coefficient (Wildman–Crippen LogP) is 4.02. The molecule has 0 unspecified atom stereocenters. The van der Waals surface area contributed by atoms with Crippen molar-refractivity contribution in [2.24, 2.45) is 0 Å². The Labute approximate surface area is 167 Å². The summed E-state index contributed by atoms with van der Waals surface area (Å²) in [7, 11) is 1.36. The van der Waals surface area contributed by atoms with E-state index in [2.05, 4.69) is 5.32 Å². The molecule has 2 aromatic carbocycles. The number of fused-ring (bicyclic) bond motifs is 1. The number of methoxy groups -OCH3 is 1. The van der Waals surface area contributed by atoms with Gasteiger partial charge >= 0.3 is 0 Å². The highest BCUT2D eigenvalue weighted by Crippen LogP contribution is 2.31. The van der Waals surface area contributed by atoms with E-state index in [1.165, 1.54) is 42.3 Å². The molecule has 2 aromatic rings. The van der Waals surface area contributed by atoms with E-state index < -0.39 is 11.7 Å². The van der Waals surface area contributed by atoms with Gasteiger partial charge in [-0.3, -0.25) is 19.3 Å². The highest BCUT2D eigenvalue weighted by atomic mass is 19.1. The van der Waals surface area contributed by atoms with Gasteiger partial charge in [0.05, 0.1) is 18.2 Å². The minimum Gasteiger partial charge on any atom is -0.494 e. The summed E-state index contributed by atoms with van der Waals surface area (Å²) >= 11 is 0. The molecule has 7 heteroatoms. The summed E-state index contributed by atoms with van der Waals surface area (Å²) in [4.78, 5) is 39.5. The van der Waals surface area contributed by atoms with Gasteiger partial charge in [0.2, 0.25) is 0 Å². The van der Waals surface area contributed by atoms with Crippen LogP contribution in [0.2, 0.25) is 0 Å². The number of carbonyl (C=O) groups excluding carboxylic acids is 3. The molecule has 0 bridgehead atoms. The molecule has 150 valence electrons. The average molecular weight is 396 g/mol. The van der Waals surface area contributed by atoms with Crippen LogP contribution >= 0.6 is 0 Å². The summed E-state index contributed by atoms with van der Waals surface area (Å²) in [6.45, 7) is 0. The van der Waals surface area contributed by atoms with Crippen molar-refractivity contribution in [1.29, 1.82) is 0 Å². The van der Waals surface area contributed by atoms with Gasteiger partial charge < -0.3 is 10.1 Å². The maximum absolute atomic E-state index is 13.8. The van der Waals surface area contributed by atoms with Crippen LogP contribution in [-0.4, -0.2) is 35.8 Å². The molecule has 1 aliphatic carbocycles. The highest BCUT2D eigenvalue weighted by molar-refractivity contribution is 6.22. The first-order chi connectivity index (χ1) is 14.0. The largest absolute Gasteiger partial charge is 0.494 e. The summed E-state index contributed by atoms with van der Waals surface area (Å²) in [5, 5.41) is 2.60. The standard InChI is InChI=1S/C22H21FN2O4/c1-29-19-10-8-14(12-18(19)23)24-20(26)13-7-9-16-17(11-13)22(28)25(21(16)27)15-5-3-2-4-6-15/h7-12,15H,2-6H2,1H3,(H,24,26). The number of hydrogen-bond donors (Lipinski definition) is 1. The topological polar surface area (TPSA) is 75.7 Å². The van der Waals surface area contributed by atoms with Gasteiger partial charge in [-0.15, -0.1) is 0 Å². The van der Waals surface area contributed by atoms with Gasteiger partial charge in [-0.2, -0.15) is 0 Å². The van der Waals surface area contributed by atoms with Crippen LogP contribution in [0.5, 0.6) is 5.75 Å². The molecule has 29 heavy (non-hydrogen) atoms. The lowest BCUT2D eigenvalue weighted by Gasteiger charge is -2.29. The first-order valence-electron chi connectivity index (χ1n) is 9.66. The van der Waals surface area contributed by atoms with E-state index in [0.29, 0.717) is 5.56 Å². The third-order valence-electron chi connectivity index (χ3n) is 5.53. The van der Waals surface area contributed by atoms with Gasteiger partial charge in [-0.1, -0.05) is 19.3 Å². The molecule has 2 aliphatic rings. The number of anilines is 1. The van der Waals surface area contributed by atoms with Crippen molar-refractivity contribution in [1.82, 2.24) is 4.90 Å². The van der Waals surface area contributed by atoms with E-state index in [4.69, 9.17) is 4.74 Å². The molecule has 3 amide bonds. The molecule has 4 rings (SSSR count). The maximum Gasteiger partial charge on any atom is 0.261 e. The third kappa shape index (κ3) is 3.48. The molecule has 1 saturated carbocycles. The molecular weight excluding hydrogens is 375 g/mol. The Balaban J connectivity index is 1.55. The van der Waals surface area contributed by atoms with Crippen molar-refractivity contribution >= 4 is 23.4 Å². The van der Waals surface area contributed by atoms with Crippen LogP contribution in [-0.2, 0) is 0 Å². The number of nitrogens with one attached hydrogen (secondary N) is 1. The van der Waals surface area contributed by atoms with Crippen molar-refractivity contribution in [2.45, 2.75) is 38.1 Å². The van der Waals surface area contributed by atoms with Crippen LogP contribution in [0.1, 0.15) is 63.2 Å². The Kier molecular flexibility index (Phi) is 5.05. The summed E-state index contributed by atoms with van der Waals surface area (Å²) in [6.07, 6.45) is 4.77. The van der Waals surface area contributed by atoms with Crippen LogP contribution in [0.4, 0.5) is 10.1 Å². The minimum atomic E-state index is -0.594. The predicted molar refractivity (Wildman–Crippen MR) is 105 cm³/mol. The Morgan fingerprint density at radius 2 is 1.76 bits per heavy atom. The first-order valence-corrected chi connectivity index (χ1v) is 9.66. The zero-order valence-electron chi connectivity index (χ0n) is 16.0. The van der Waals surface area contributed by atoms with Crippen LogP contribution in [0.25, 0.3) is 0 Å². The fourth-order valence-corrected chi connectivity index (χ4v) is 4.02. The Morgan fingerprint density at radius 1 is 1.03 bits per heavy atom. The highest BCUT2D eigenvalue weighted by Gasteiger charge is 2.40. The molecule has 0 aromatic heterocycles. The summed E-state index contributed by atoms with van der Waals surface area (Å²) < 4.78 is 18.7. The van der Waals surface area contributed by atoms with Crippen molar-refractivity contribution in [3.8, 4) is 5.75 Å². The van der Waals surface area contributed by atoms with E-state index in [0.717, 1.165) is 38.2 Å². The van der Waals surface area contributed by atoms with Gasteiger partial charge in [0.15, 0.2) is 11.6 Å². The smallest absolute Gasteiger partial charge is 0.261 e. The number of amides is 3. The maximum atomic E-state index is 13.8. The molecular formula is C22H21FN2O4. The molecule has 0 radical (unpaired) electrons. The van der Waals surface area contributed by atoms with Gasteiger partial charge in [0, 0.05) is 23.4 Å². The van der Waals surface area contributed by atoms with E-state index >= 15 is 0 Å². The number of benzene rings is 2. The van der Waals surface area contributed by atoms with Crippen molar-refractivity contribution in [3.05, 3.63) is 58.9 Å². The van der Waals surface area contributed by atoms with Crippen molar-refractivity contribution < 1.29 is 23.5 Å². The Hall–Kier alpha value is -3.22. The van der Waals surface area contributed by atoms with E-state index in [-0.39, 0.29) is 40.4 Å². The second-order valence-corrected chi connectivity index (χ2v) is 7.34. The van der Waals surface area contributed by atoms with Gasteiger partial charge in [-0.25, -0.2) is 4.39 Å². The normalized spacial score (nSPS) is 16.7. The number of hydrogen-bond acceptors (Lipinski definition) is 4. The van der Waals surface area contributed by atoms with Crippen molar-refractivity contribution in [2.75, 3.05) is 12.4 Å². The third-order valence-corrected chi connectivity index (χ3v) is 5.53. The monoisotopic (exact) mass is 396 g/mol.